The van der Waals surface area contributed by atoms with Crippen molar-refractivity contribution in [2.75, 3.05) is 6.61 Å². The Morgan fingerprint density at radius 1 is 1.57 bits per heavy atom. The molecule has 76 valence electrons. The molecule has 0 saturated carbocycles. The largest absolute Gasteiger partial charge is 0.466 e. The van der Waals surface area contributed by atoms with Gasteiger partial charge in [0.15, 0.2) is 4.77 Å². The molecule has 1 aromatic heterocycles. The molecule has 1 aromatic rings. The van der Waals surface area contributed by atoms with Crippen molar-refractivity contribution in [3.8, 4) is 0 Å². The Labute approximate surface area is 91.3 Å². The molecule has 14 heavy (non-hydrogen) atoms. The van der Waals surface area contributed by atoms with Crippen LogP contribution in [0.1, 0.15) is 12.5 Å². The topological polar surface area (TPSA) is 57.9 Å². The highest BCUT2D eigenvalue weighted by atomic mass is 32.1. The number of rotatable bonds is 3. The molecule has 1 rings (SSSR count). The van der Waals surface area contributed by atoms with Crippen LogP contribution >= 0.6 is 24.4 Å². The zero-order valence-corrected chi connectivity index (χ0v) is 9.26. The average Bonchev–Trinajstić information content (AvgIpc) is 2.10. The predicted octanol–water partition coefficient (Wildman–Crippen LogP) is 1.91. The fraction of sp³-hybridized carbons (Fsp3) is 0.375. The number of H-pyrrole nitrogens is 2. The van der Waals surface area contributed by atoms with Crippen molar-refractivity contribution < 1.29 is 9.53 Å². The maximum atomic E-state index is 11.1. The summed E-state index contributed by atoms with van der Waals surface area (Å²) in [6, 6.07) is 0. The molecular weight excluding hydrogens is 220 g/mol. The maximum absolute atomic E-state index is 11.1. The van der Waals surface area contributed by atoms with Gasteiger partial charge in [-0.25, -0.2) is 0 Å². The molecule has 4 nitrogen and oxygen atoms in total. The third kappa shape index (κ3) is 3.04. The van der Waals surface area contributed by atoms with Crippen LogP contribution in [-0.2, 0) is 16.0 Å². The van der Waals surface area contributed by atoms with Crippen LogP contribution in [0.15, 0.2) is 6.20 Å². The van der Waals surface area contributed by atoms with Gasteiger partial charge in [-0.15, -0.1) is 0 Å². The lowest BCUT2D eigenvalue weighted by Gasteiger charge is -2.01. The van der Waals surface area contributed by atoms with Gasteiger partial charge in [-0.1, -0.05) is 12.2 Å². The summed E-state index contributed by atoms with van der Waals surface area (Å²) in [6.07, 6.45) is 1.79. The third-order valence-electron chi connectivity index (χ3n) is 1.54. The van der Waals surface area contributed by atoms with Crippen LogP contribution in [0.5, 0.6) is 0 Å². The Balaban J connectivity index is 2.82. The summed E-state index contributed by atoms with van der Waals surface area (Å²) >= 11 is 9.82. The van der Waals surface area contributed by atoms with Crippen molar-refractivity contribution in [3.05, 3.63) is 21.2 Å². The van der Waals surface area contributed by atoms with Crippen molar-refractivity contribution in [3.63, 3.8) is 0 Å². The molecule has 0 fully saturated rings. The molecule has 0 saturated heterocycles. The van der Waals surface area contributed by atoms with Gasteiger partial charge in [0.1, 0.15) is 4.64 Å². The van der Waals surface area contributed by atoms with E-state index in [1.807, 2.05) is 0 Å². The fourth-order valence-electron chi connectivity index (χ4n) is 0.937. The van der Waals surface area contributed by atoms with Gasteiger partial charge in [0.25, 0.3) is 0 Å². The summed E-state index contributed by atoms with van der Waals surface area (Å²) in [7, 11) is 0. The summed E-state index contributed by atoms with van der Waals surface area (Å²) in [5.41, 5.74) is 0.687. The minimum atomic E-state index is -0.294. The normalized spacial score (nSPS) is 9.79. The van der Waals surface area contributed by atoms with E-state index in [1.165, 1.54) is 0 Å². The van der Waals surface area contributed by atoms with Gasteiger partial charge in [-0.2, -0.15) is 0 Å². The van der Waals surface area contributed by atoms with E-state index in [1.54, 1.807) is 13.1 Å². The summed E-state index contributed by atoms with van der Waals surface area (Å²) in [4.78, 5) is 16.7. The quantitative estimate of drug-likeness (QED) is 0.615. The molecule has 0 aliphatic carbocycles. The SMILES string of the molecule is CCOC(=O)Cc1c[nH]c(=S)[nH]c1=S. The molecule has 0 aromatic carbocycles. The second-order valence-electron chi connectivity index (χ2n) is 2.58. The number of carbonyl (C=O) groups is 1. The van der Waals surface area contributed by atoms with Crippen LogP contribution in [0.2, 0.25) is 0 Å². The zero-order chi connectivity index (χ0) is 10.6. The van der Waals surface area contributed by atoms with Crippen LogP contribution < -0.4 is 0 Å². The van der Waals surface area contributed by atoms with Crippen LogP contribution in [0.4, 0.5) is 0 Å². The maximum Gasteiger partial charge on any atom is 0.310 e. The molecule has 0 bridgehead atoms. The zero-order valence-electron chi connectivity index (χ0n) is 7.62. The van der Waals surface area contributed by atoms with Crippen molar-refractivity contribution >= 4 is 30.4 Å². The minimum absolute atomic E-state index is 0.162. The highest BCUT2D eigenvalue weighted by Gasteiger charge is 2.05. The lowest BCUT2D eigenvalue weighted by atomic mass is 10.2. The van der Waals surface area contributed by atoms with Crippen molar-refractivity contribution in [2.24, 2.45) is 0 Å². The lowest BCUT2D eigenvalue weighted by molar-refractivity contribution is -0.142. The first-order valence-electron chi connectivity index (χ1n) is 4.10. The Morgan fingerprint density at radius 2 is 2.29 bits per heavy atom. The van der Waals surface area contributed by atoms with E-state index in [2.05, 4.69) is 9.97 Å². The van der Waals surface area contributed by atoms with Gasteiger partial charge in [0.05, 0.1) is 13.0 Å². The van der Waals surface area contributed by atoms with Gasteiger partial charge >= 0.3 is 5.97 Å². The van der Waals surface area contributed by atoms with E-state index in [9.17, 15) is 4.79 Å². The standard InChI is InChI=1S/C8H10N2O2S2/c1-2-12-6(11)3-5-4-9-8(14)10-7(5)13/h4H,2-3H2,1H3,(H2,9,10,13,14). The number of esters is 1. The highest BCUT2D eigenvalue weighted by molar-refractivity contribution is 7.72. The van der Waals surface area contributed by atoms with Crippen molar-refractivity contribution in [2.45, 2.75) is 13.3 Å². The van der Waals surface area contributed by atoms with Crippen molar-refractivity contribution in [1.29, 1.82) is 0 Å². The molecule has 0 radical (unpaired) electrons. The Morgan fingerprint density at radius 3 is 2.86 bits per heavy atom. The van der Waals surface area contributed by atoms with Crippen molar-refractivity contribution in [1.82, 2.24) is 9.97 Å². The van der Waals surface area contributed by atoms with Gasteiger partial charge in [0.2, 0.25) is 0 Å². The lowest BCUT2D eigenvalue weighted by Crippen LogP contribution is -2.08. The van der Waals surface area contributed by atoms with E-state index >= 15 is 0 Å². The second-order valence-corrected chi connectivity index (χ2v) is 3.40. The van der Waals surface area contributed by atoms with E-state index in [-0.39, 0.29) is 12.4 Å². The van der Waals surface area contributed by atoms with Crippen LogP contribution in [0, 0.1) is 9.41 Å². The molecule has 6 heteroatoms. The number of ether oxygens (including phenoxy) is 1. The fourth-order valence-corrected chi connectivity index (χ4v) is 1.40. The first-order chi connectivity index (χ1) is 6.63. The summed E-state index contributed by atoms with van der Waals surface area (Å²) in [6.45, 7) is 2.13. The minimum Gasteiger partial charge on any atom is -0.466 e. The van der Waals surface area contributed by atoms with Crippen LogP contribution in [0.3, 0.4) is 0 Å². The number of hydrogen-bond acceptors (Lipinski definition) is 4. The van der Waals surface area contributed by atoms with Gasteiger partial charge < -0.3 is 14.7 Å². The molecule has 0 spiro atoms. The number of aromatic nitrogens is 2. The van der Waals surface area contributed by atoms with Crippen LogP contribution in [-0.4, -0.2) is 22.5 Å². The smallest absolute Gasteiger partial charge is 0.310 e. The highest BCUT2D eigenvalue weighted by Crippen LogP contribution is 2.00. The monoisotopic (exact) mass is 230 g/mol. The van der Waals surface area contributed by atoms with Gasteiger partial charge in [-0.3, -0.25) is 4.79 Å². The van der Waals surface area contributed by atoms with Gasteiger partial charge in [-0.05, 0) is 19.1 Å². The van der Waals surface area contributed by atoms with E-state index in [0.717, 1.165) is 0 Å². The van der Waals surface area contributed by atoms with Crippen LogP contribution in [0.25, 0.3) is 0 Å². The Kier molecular flexibility index (Phi) is 3.97. The molecular formula is C8H10N2O2S2. The van der Waals surface area contributed by atoms with E-state index in [0.29, 0.717) is 21.6 Å². The molecule has 0 unspecified atom stereocenters. The number of hydrogen-bond donors (Lipinski definition) is 2. The molecule has 0 aliphatic heterocycles. The summed E-state index contributed by atoms with van der Waals surface area (Å²) in [5, 5.41) is 0. The number of nitrogens with one attached hydrogen (secondary N) is 2. The number of carbonyl (C=O) groups excluding carboxylic acids is 1. The summed E-state index contributed by atoms with van der Waals surface area (Å²) < 4.78 is 5.71. The molecule has 2 N–H and O–H groups in total. The first kappa shape index (κ1) is 11.1. The van der Waals surface area contributed by atoms with Gasteiger partial charge in [0, 0.05) is 11.8 Å². The molecule has 1 heterocycles. The Bertz CT molecular complexity index is 435. The average molecular weight is 230 g/mol. The first-order valence-corrected chi connectivity index (χ1v) is 4.91. The second kappa shape index (κ2) is 5.02. The molecule has 0 amide bonds. The third-order valence-corrected chi connectivity index (χ3v) is 2.12. The predicted molar refractivity (Wildman–Crippen MR) is 57.1 cm³/mol. The van der Waals surface area contributed by atoms with E-state index < -0.39 is 0 Å². The summed E-state index contributed by atoms with van der Waals surface area (Å²) in [5.74, 6) is -0.294. The van der Waals surface area contributed by atoms with E-state index in [4.69, 9.17) is 29.2 Å². The molecule has 0 aliphatic rings. The molecule has 0 atom stereocenters. The Hall–Kier alpha value is -1.01. The number of aromatic amines is 2.